The first kappa shape index (κ1) is 26.2. The number of halogens is 4. The molecule has 1 atom stereocenters. The molecule has 0 aromatic heterocycles. The summed E-state index contributed by atoms with van der Waals surface area (Å²) in [5, 5.41) is 5.09. The minimum absolute atomic E-state index is 0.109. The van der Waals surface area contributed by atoms with E-state index in [0.717, 1.165) is 12.1 Å². The van der Waals surface area contributed by atoms with E-state index in [1.54, 1.807) is 39.0 Å². The first-order valence-corrected chi connectivity index (χ1v) is 10.6. The average Bonchev–Trinajstić information content (AvgIpc) is 2.75. The number of amides is 3. The summed E-state index contributed by atoms with van der Waals surface area (Å²) in [4.78, 5) is 39.4. The molecule has 0 bridgehead atoms. The topological polar surface area (TPSA) is 78.5 Å². The van der Waals surface area contributed by atoms with E-state index in [-0.39, 0.29) is 23.0 Å². The Morgan fingerprint density at radius 3 is 2.21 bits per heavy atom. The Morgan fingerprint density at radius 2 is 1.64 bits per heavy atom. The molecule has 2 aromatic carbocycles. The Bertz CT molecular complexity index is 1010. The first-order valence-electron chi connectivity index (χ1n) is 10.3. The van der Waals surface area contributed by atoms with Crippen molar-refractivity contribution in [2.45, 2.75) is 33.0 Å². The van der Waals surface area contributed by atoms with Crippen LogP contribution in [-0.2, 0) is 15.8 Å². The summed E-state index contributed by atoms with van der Waals surface area (Å²) < 4.78 is 39.5. The van der Waals surface area contributed by atoms with Gasteiger partial charge in [0.25, 0.3) is 5.91 Å². The molecule has 0 heterocycles. The third-order valence-electron chi connectivity index (χ3n) is 4.87. The highest BCUT2D eigenvalue weighted by Crippen LogP contribution is 2.34. The monoisotopic (exact) mass is 483 g/mol. The summed E-state index contributed by atoms with van der Waals surface area (Å²) >= 11 is 6.05. The molecular formula is C23H25ClF3N3O3. The van der Waals surface area contributed by atoms with Crippen LogP contribution in [0.5, 0.6) is 0 Å². The van der Waals surface area contributed by atoms with E-state index in [9.17, 15) is 27.6 Å². The fourth-order valence-corrected chi connectivity index (χ4v) is 3.34. The van der Waals surface area contributed by atoms with Crippen molar-refractivity contribution < 1.29 is 27.6 Å². The van der Waals surface area contributed by atoms with Crippen molar-refractivity contribution in [2.75, 3.05) is 18.4 Å². The lowest BCUT2D eigenvalue weighted by Gasteiger charge is -2.29. The highest BCUT2D eigenvalue weighted by molar-refractivity contribution is 6.33. The Morgan fingerprint density at radius 1 is 1.03 bits per heavy atom. The van der Waals surface area contributed by atoms with Gasteiger partial charge in [0.1, 0.15) is 6.04 Å². The number of rotatable bonds is 8. The number of carbonyl (C=O) groups is 3. The number of nitrogens with zero attached hydrogens (tertiary/aromatic N) is 1. The number of benzene rings is 2. The summed E-state index contributed by atoms with van der Waals surface area (Å²) in [5.74, 6) is -2.20. The molecule has 0 saturated carbocycles. The maximum atomic E-state index is 13.2. The molecule has 2 rings (SSSR count). The van der Waals surface area contributed by atoms with Gasteiger partial charge in [0.05, 0.1) is 28.4 Å². The van der Waals surface area contributed by atoms with Gasteiger partial charge in [-0.15, -0.1) is 0 Å². The first-order chi connectivity index (χ1) is 15.5. The molecule has 0 aliphatic carbocycles. The summed E-state index contributed by atoms with van der Waals surface area (Å²) in [6, 6.07) is 9.97. The number of para-hydroxylation sites is 1. The zero-order chi connectivity index (χ0) is 24.8. The van der Waals surface area contributed by atoms with Gasteiger partial charge in [-0.1, -0.05) is 49.7 Å². The quantitative estimate of drug-likeness (QED) is 0.576. The smallest absolute Gasteiger partial charge is 0.340 e. The zero-order valence-electron chi connectivity index (χ0n) is 18.4. The lowest BCUT2D eigenvalue weighted by Crippen LogP contribution is -2.52. The van der Waals surface area contributed by atoms with Gasteiger partial charge >= 0.3 is 6.18 Å². The van der Waals surface area contributed by atoms with Crippen molar-refractivity contribution in [3.63, 3.8) is 0 Å². The summed E-state index contributed by atoms with van der Waals surface area (Å²) in [6.45, 7) is 4.71. The SMILES string of the molecule is CCN(CC(=O)Nc1ccccc1C(F)(F)F)C(=O)[C@@H](NC(=O)c1ccccc1Cl)C(C)C. The predicted octanol–water partition coefficient (Wildman–Crippen LogP) is 4.60. The Labute approximate surface area is 195 Å². The van der Waals surface area contributed by atoms with E-state index < -0.39 is 47.7 Å². The van der Waals surface area contributed by atoms with Crippen LogP contribution in [0.1, 0.15) is 36.7 Å². The lowest BCUT2D eigenvalue weighted by atomic mass is 10.0. The predicted molar refractivity (Wildman–Crippen MR) is 120 cm³/mol. The molecule has 6 nitrogen and oxygen atoms in total. The third kappa shape index (κ3) is 6.95. The molecule has 0 aliphatic heterocycles. The second-order valence-corrected chi connectivity index (χ2v) is 8.03. The maximum absolute atomic E-state index is 13.2. The van der Waals surface area contributed by atoms with Gasteiger partial charge in [0, 0.05) is 6.54 Å². The molecule has 0 unspecified atom stereocenters. The van der Waals surface area contributed by atoms with E-state index in [1.165, 1.54) is 23.1 Å². The van der Waals surface area contributed by atoms with Crippen LogP contribution < -0.4 is 10.6 Å². The van der Waals surface area contributed by atoms with E-state index in [0.29, 0.717) is 0 Å². The van der Waals surface area contributed by atoms with Gasteiger partial charge in [-0.2, -0.15) is 13.2 Å². The van der Waals surface area contributed by atoms with Crippen molar-refractivity contribution in [3.05, 3.63) is 64.7 Å². The van der Waals surface area contributed by atoms with Crippen LogP contribution in [0.3, 0.4) is 0 Å². The van der Waals surface area contributed by atoms with Crippen LogP contribution in [-0.4, -0.2) is 41.8 Å². The van der Waals surface area contributed by atoms with Crippen molar-refractivity contribution in [1.82, 2.24) is 10.2 Å². The number of carbonyl (C=O) groups excluding carboxylic acids is 3. The molecule has 33 heavy (non-hydrogen) atoms. The van der Waals surface area contributed by atoms with Gasteiger partial charge in [0.15, 0.2) is 0 Å². The van der Waals surface area contributed by atoms with Gasteiger partial charge in [-0.05, 0) is 37.1 Å². The van der Waals surface area contributed by atoms with Crippen LogP contribution >= 0.6 is 11.6 Å². The Kier molecular flexibility index (Phi) is 8.87. The molecule has 0 radical (unpaired) electrons. The van der Waals surface area contributed by atoms with Gasteiger partial charge < -0.3 is 15.5 Å². The van der Waals surface area contributed by atoms with Gasteiger partial charge in [-0.3, -0.25) is 14.4 Å². The van der Waals surface area contributed by atoms with Crippen LogP contribution in [0.15, 0.2) is 48.5 Å². The normalized spacial score (nSPS) is 12.2. The van der Waals surface area contributed by atoms with Crippen molar-refractivity contribution in [1.29, 1.82) is 0 Å². The highest BCUT2D eigenvalue weighted by Gasteiger charge is 2.34. The van der Waals surface area contributed by atoms with Crippen molar-refractivity contribution in [3.8, 4) is 0 Å². The number of likely N-dealkylation sites (N-methyl/N-ethyl adjacent to an activating group) is 1. The van der Waals surface area contributed by atoms with Gasteiger partial charge in [0.2, 0.25) is 11.8 Å². The molecule has 2 aromatic rings. The standard InChI is InChI=1S/C23H25ClF3N3O3/c1-4-30(13-19(31)28-18-12-8-6-10-16(18)23(25,26)27)22(33)20(14(2)3)29-21(32)15-9-5-7-11-17(15)24/h5-12,14,20H,4,13H2,1-3H3,(H,28,31)(H,29,32)/t20-/m0/s1. The van der Waals surface area contributed by atoms with Crippen LogP contribution in [0.25, 0.3) is 0 Å². The Balaban J connectivity index is 2.14. The van der Waals surface area contributed by atoms with Crippen LogP contribution in [0.2, 0.25) is 5.02 Å². The molecule has 0 fully saturated rings. The van der Waals surface area contributed by atoms with Crippen molar-refractivity contribution in [2.24, 2.45) is 5.92 Å². The second-order valence-electron chi connectivity index (χ2n) is 7.62. The molecular weight excluding hydrogens is 459 g/mol. The summed E-state index contributed by atoms with van der Waals surface area (Å²) in [7, 11) is 0. The summed E-state index contributed by atoms with van der Waals surface area (Å²) in [5.41, 5.74) is -1.19. The highest BCUT2D eigenvalue weighted by atomic mass is 35.5. The zero-order valence-corrected chi connectivity index (χ0v) is 19.1. The van der Waals surface area contributed by atoms with E-state index in [4.69, 9.17) is 11.6 Å². The molecule has 0 aliphatic rings. The number of alkyl halides is 3. The number of hydrogen-bond donors (Lipinski definition) is 2. The van der Waals surface area contributed by atoms with E-state index in [1.807, 2.05) is 0 Å². The van der Waals surface area contributed by atoms with Crippen molar-refractivity contribution >= 4 is 35.0 Å². The maximum Gasteiger partial charge on any atom is 0.418 e. The molecule has 10 heteroatoms. The third-order valence-corrected chi connectivity index (χ3v) is 5.20. The minimum Gasteiger partial charge on any atom is -0.340 e. The van der Waals surface area contributed by atoms with Crippen LogP contribution in [0.4, 0.5) is 18.9 Å². The molecule has 3 amide bonds. The fraction of sp³-hybridized carbons (Fsp3) is 0.348. The fourth-order valence-electron chi connectivity index (χ4n) is 3.12. The second kappa shape index (κ2) is 11.2. The number of nitrogens with one attached hydrogen (secondary N) is 2. The Hall–Kier alpha value is -3.07. The molecule has 178 valence electrons. The minimum atomic E-state index is -4.64. The van der Waals surface area contributed by atoms with Gasteiger partial charge in [-0.25, -0.2) is 0 Å². The largest absolute Gasteiger partial charge is 0.418 e. The number of hydrogen-bond acceptors (Lipinski definition) is 3. The van der Waals surface area contributed by atoms with Crippen LogP contribution in [0, 0.1) is 5.92 Å². The van der Waals surface area contributed by atoms with E-state index >= 15 is 0 Å². The molecule has 0 saturated heterocycles. The number of anilines is 1. The molecule has 0 spiro atoms. The lowest BCUT2D eigenvalue weighted by molar-refractivity contribution is -0.138. The summed E-state index contributed by atoms with van der Waals surface area (Å²) in [6.07, 6.45) is -4.64. The molecule has 2 N–H and O–H groups in total. The van der Waals surface area contributed by atoms with E-state index in [2.05, 4.69) is 10.6 Å². The average molecular weight is 484 g/mol.